The van der Waals surface area contributed by atoms with E-state index in [2.05, 4.69) is 4.39 Å². The zero-order valence-electron chi connectivity index (χ0n) is 18.4. The van der Waals surface area contributed by atoms with Crippen LogP contribution in [0.15, 0.2) is 60.7 Å². The second-order valence-corrected chi connectivity index (χ2v) is 15.4. The maximum absolute atomic E-state index is 14.2. The van der Waals surface area contributed by atoms with Crippen LogP contribution in [0.2, 0.25) is 5.04 Å². The van der Waals surface area contributed by atoms with Crippen molar-refractivity contribution in [3.05, 3.63) is 60.7 Å². The lowest BCUT2D eigenvalue weighted by molar-refractivity contribution is -0.0427. The van der Waals surface area contributed by atoms with Crippen molar-refractivity contribution < 1.29 is 30.5 Å². The first-order chi connectivity index (χ1) is 14.2. The van der Waals surface area contributed by atoms with Gasteiger partial charge in [0, 0.05) is 13.0 Å². The Balaban J connectivity index is 2.50. The van der Waals surface area contributed by atoms with Gasteiger partial charge in [0.2, 0.25) is 0 Å². The van der Waals surface area contributed by atoms with Crippen molar-refractivity contribution in [1.29, 1.82) is 0 Å². The highest BCUT2D eigenvalue weighted by Gasteiger charge is 2.54. The molecule has 0 unspecified atom stereocenters. The lowest BCUT2D eigenvalue weighted by atomic mass is 9.91. The molecule has 0 heterocycles. The minimum atomic E-state index is -5.66. The van der Waals surface area contributed by atoms with Gasteiger partial charge in [0.15, 0.2) is 0 Å². The monoisotopic (exact) mass is 474 g/mol. The number of benzene rings is 2. The van der Waals surface area contributed by atoms with Gasteiger partial charge < -0.3 is 4.43 Å². The Morgan fingerprint density at radius 1 is 0.839 bits per heavy atom. The topological polar surface area (TPSA) is 52.6 Å². The maximum atomic E-state index is 14.2. The third-order valence-electron chi connectivity index (χ3n) is 5.23. The van der Waals surface area contributed by atoms with Crippen LogP contribution in [0.1, 0.15) is 41.0 Å². The molecule has 2 aromatic carbocycles. The second-order valence-electron chi connectivity index (χ2n) is 9.45. The molecule has 0 bridgehead atoms. The van der Waals surface area contributed by atoms with Crippen molar-refractivity contribution in [2.24, 2.45) is 5.41 Å². The molecule has 4 nitrogen and oxygen atoms in total. The van der Waals surface area contributed by atoms with Gasteiger partial charge in [-0.25, -0.2) is 0 Å². The summed E-state index contributed by atoms with van der Waals surface area (Å²) >= 11 is 0. The molecule has 0 spiro atoms. The number of hydrogen-bond donors (Lipinski definition) is 0. The van der Waals surface area contributed by atoms with Crippen molar-refractivity contribution in [2.75, 3.05) is 6.61 Å². The minimum Gasteiger partial charge on any atom is -0.407 e. The summed E-state index contributed by atoms with van der Waals surface area (Å²) in [7, 11) is -8.65. The SMILES string of the molecule is CC(C)(CO[Si](c1ccccc1)(c1ccccc1)C(C)(C)C)CC(F)(F)S(=O)(=O)OF. The largest absolute Gasteiger partial charge is 0.407 e. The smallest absolute Gasteiger partial charge is 0.373 e. The zero-order valence-corrected chi connectivity index (χ0v) is 20.2. The van der Waals surface area contributed by atoms with Crippen LogP contribution in [0, 0.1) is 5.41 Å². The van der Waals surface area contributed by atoms with Crippen LogP contribution < -0.4 is 10.4 Å². The molecule has 0 aliphatic carbocycles. The molecule has 0 amide bonds. The van der Waals surface area contributed by atoms with E-state index in [9.17, 15) is 21.7 Å². The average Bonchev–Trinajstić information content (AvgIpc) is 2.68. The maximum Gasteiger partial charge on any atom is 0.373 e. The Bertz CT molecular complexity index is 920. The molecule has 0 aliphatic rings. The lowest BCUT2D eigenvalue weighted by Gasteiger charge is -2.45. The molecule has 2 rings (SSSR count). The molecule has 31 heavy (non-hydrogen) atoms. The Labute approximate surface area is 183 Å². The molecule has 0 fully saturated rings. The quantitative estimate of drug-likeness (QED) is 0.490. The molecule has 172 valence electrons. The van der Waals surface area contributed by atoms with Crippen molar-refractivity contribution in [3.8, 4) is 0 Å². The average molecular weight is 475 g/mol. The highest BCUT2D eigenvalue weighted by Crippen LogP contribution is 2.41. The van der Waals surface area contributed by atoms with E-state index in [1.807, 2.05) is 81.4 Å². The van der Waals surface area contributed by atoms with Gasteiger partial charge >= 0.3 is 15.4 Å². The van der Waals surface area contributed by atoms with E-state index >= 15 is 0 Å². The summed E-state index contributed by atoms with van der Waals surface area (Å²) in [6.07, 6.45) is -1.15. The molecular weight excluding hydrogens is 445 g/mol. The fourth-order valence-electron chi connectivity index (χ4n) is 3.81. The third-order valence-corrected chi connectivity index (χ3v) is 11.3. The molecule has 0 saturated heterocycles. The first-order valence-corrected chi connectivity index (χ1v) is 13.2. The lowest BCUT2D eigenvalue weighted by Crippen LogP contribution is -2.67. The van der Waals surface area contributed by atoms with Crippen molar-refractivity contribution in [3.63, 3.8) is 0 Å². The van der Waals surface area contributed by atoms with Gasteiger partial charge in [-0.1, -0.05) is 99.7 Å². The summed E-state index contributed by atoms with van der Waals surface area (Å²) in [4.78, 5) is 0. The van der Waals surface area contributed by atoms with Gasteiger partial charge in [-0.3, -0.25) is 0 Å². The zero-order chi connectivity index (χ0) is 23.6. The minimum absolute atomic E-state index is 0.155. The molecular formula is C22H29F3O4SSi. The predicted octanol–water partition coefficient (Wildman–Crippen LogP) is 4.80. The Hall–Kier alpha value is -1.68. The van der Waals surface area contributed by atoms with Crippen molar-refractivity contribution in [2.45, 2.75) is 51.3 Å². The highest BCUT2D eigenvalue weighted by atomic mass is 32.2. The van der Waals surface area contributed by atoms with E-state index in [-0.39, 0.29) is 11.6 Å². The Kier molecular flexibility index (Phi) is 7.47. The fraction of sp³-hybridized carbons (Fsp3) is 0.455. The van der Waals surface area contributed by atoms with Crippen molar-refractivity contribution >= 4 is 28.8 Å². The molecule has 0 atom stereocenters. The summed E-state index contributed by atoms with van der Waals surface area (Å²) in [5.41, 5.74) is -1.29. The van der Waals surface area contributed by atoms with E-state index in [1.54, 1.807) is 0 Å². The van der Waals surface area contributed by atoms with Crippen LogP contribution in [-0.2, 0) is 18.9 Å². The van der Waals surface area contributed by atoms with Gasteiger partial charge in [0.05, 0.1) is 0 Å². The van der Waals surface area contributed by atoms with Gasteiger partial charge in [0.1, 0.15) is 0 Å². The van der Waals surface area contributed by atoms with E-state index in [4.69, 9.17) is 4.43 Å². The summed E-state index contributed by atoms with van der Waals surface area (Å²) in [6.45, 7) is 8.91. The summed E-state index contributed by atoms with van der Waals surface area (Å²) in [6, 6.07) is 19.3. The molecule has 0 saturated carbocycles. The first-order valence-electron chi connectivity index (χ1n) is 9.86. The molecule has 0 N–H and O–H groups in total. The van der Waals surface area contributed by atoms with Crippen LogP contribution in [-0.4, -0.2) is 28.6 Å². The fourth-order valence-corrected chi connectivity index (χ4v) is 9.23. The van der Waals surface area contributed by atoms with Crippen LogP contribution in [0.4, 0.5) is 13.3 Å². The summed E-state index contributed by atoms with van der Waals surface area (Å²) in [5, 5.41) is -2.82. The van der Waals surface area contributed by atoms with Gasteiger partial charge in [-0.2, -0.15) is 17.2 Å². The predicted molar refractivity (Wildman–Crippen MR) is 118 cm³/mol. The van der Waals surface area contributed by atoms with Crippen LogP contribution in [0.5, 0.6) is 0 Å². The molecule has 0 radical (unpaired) electrons. The molecule has 0 aromatic heterocycles. The molecule has 0 aliphatic heterocycles. The summed E-state index contributed by atoms with van der Waals surface area (Å²) < 4.78 is 72.4. The van der Waals surface area contributed by atoms with Gasteiger partial charge in [0.25, 0.3) is 8.32 Å². The first kappa shape index (κ1) is 25.6. The number of halogens is 3. The van der Waals surface area contributed by atoms with Crippen LogP contribution in [0.3, 0.4) is 0 Å². The number of hydrogen-bond acceptors (Lipinski definition) is 4. The van der Waals surface area contributed by atoms with E-state index in [1.165, 1.54) is 13.8 Å². The highest BCUT2D eigenvalue weighted by molar-refractivity contribution is 7.87. The van der Waals surface area contributed by atoms with E-state index < -0.39 is 35.5 Å². The Morgan fingerprint density at radius 2 is 1.26 bits per heavy atom. The van der Waals surface area contributed by atoms with Crippen LogP contribution >= 0.6 is 0 Å². The number of alkyl halides is 2. The standard InChI is InChI=1S/C22H29F3O4SSi/c1-20(2,3)31(18-12-8-6-9-13-18,19-14-10-7-11-15-19)28-17-21(4,5)16-22(23,24)30(26,27)29-25/h6-15H,16-17H2,1-5H3. The van der Waals surface area contributed by atoms with Crippen molar-refractivity contribution in [1.82, 2.24) is 0 Å². The molecule has 2 aromatic rings. The molecule has 9 heteroatoms. The third kappa shape index (κ3) is 5.39. The van der Waals surface area contributed by atoms with E-state index in [0.29, 0.717) is 0 Å². The second kappa shape index (κ2) is 9.05. The van der Waals surface area contributed by atoms with Gasteiger partial charge in [-0.05, 0) is 25.4 Å². The Morgan fingerprint density at radius 3 is 1.61 bits per heavy atom. The van der Waals surface area contributed by atoms with Gasteiger partial charge in [-0.15, -0.1) is 0 Å². The van der Waals surface area contributed by atoms with Crippen LogP contribution in [0.25, 0.3) is 0 Å². The summed E-state index contributed by atoms with van der Waals surface area (Å²) in [5.74, 6) is 0. The number of rotatable bonds is 9. The normalized spacial score (nSPS) is 13.9. The van der Waals surface area contributed by atoms with E-state index in [0.717, 1.165) is 10.4 Å².